The normalized spacial score (nSPS) is 18.5. The summed E-state index contributed by atoms with van der Waals surface area (Å²) in [6, 6.07) is 13.8. The number of hydrogen-bond acceptors (Lipinski definition) is 7. The second kappa shape index (κ2) is 11.6. The first-order valence-corrected chi connectivity index (χ1v) is 14.8. The molecule has 0 bridgehead atoms. The predicted molar refractivity (Wildman–Crippen MR) is 162 cm³/mol. The van der Waals surface area contributed by atoms with Gasteiger partial charge in [0, 0.05) is 34.1 Å². The number of alkyl halides is 3. The van der Waals surface area contributed by atoms with Gasteiger partial charge in [-0.05, 0) is 92.9 Å². The molecule has 0 spiro atoms. The molecule has 4 N–H and O–H groups in total. The van der Waals surface area contributed by atoms with Crippen molar-refractivity contribution in [2.75, 3.05) is 13.2 Å². The van der Waals surface area contributed by atoms with E-state index in [0.717, 1.165) is 42.3 Å². The highest BCUT2D eigenvalue weighted by Crippen LogP contribution is 2.48. The number of fused-ring (bicyclic) bond motifs is 1. The number of aromatic nitrogens is 2. The maximum absolute atomic E-state index is 14.8. The Balaban J connectivity index is 1.37. The summed E-state index contributed by atoms with van der Waals surface area (Å²) in [7, 11) is 0. The molecule has 47 heavy (non-hydrogen) atoms. The first-order chi connectivity index (χ1) is 22.2. The highest BCUT2D eigenvalue weighted by Gasteiger charge is 2.57. The van der Waals surface area contributed by atoms with Crippen molar-refractivity contribution in [1.29, 1.82) is 0 Å². The van der Waals surface area contributed by atoms with Gasteiger partial charge in [0.1, 0.15) is 35.0 Å². The van der Waals surface area contributed by atoms with Gasteiger partial charge in [-0.25, -0.2) is 9.37 Å². The minimum absolute atomic E-state index is 0.00307. The molecule has 4 aromatic rings. The van der Waals surface area contributed by atoms with Crippen molar-refractivity contribution >= 4 is 11.8 Å². The van der Waals surface area contributed by atoms with Gasteiger partial charge in [-0.1, -0.05) is 0 Å². The molecule has 0 saturated heterocycles. The number of amides is 2. The van der Waals surface area contributed by atoms with E-state index in [1.54, 1.807) is 18.3 Å². The lowest BCUT2D eigenvalue weighted by molar-refractivity contribution is -0.265. The summed E-state index contributed by atoms with van der Waals surface area (Å²) in [6.07, 6.45) is -2.10. The van der Waals surface area contributed by atoms with Crippen LogP contribution >= 0.6 is 0 Å². The van der Waals surface area contributed by atoms with Crippen LogP contribution in [-0.4, -0.2) is 52.3 Å². The lowest BCUT2D eigenvalue weighted by Gasteiger charge is -2.31. The largest absolute Gasteiger partial charge is 0.490 e. The Hall–Kier alpha value is -5.04. The maximum atomic E-state index is 14.8. The third kappa shape index (κ3) is 5.98. The van der Waals surface area contributed by atoms with Crippen molar-refractivity contribution in [3.8, 4) is 33.9 Å². The molecule has 1 unspecified atom stereocenters. The van der Waals surface area contributed by atoms with Crippen LogP contribution in [0.2, 0.25) is 0 Å². The quantitative estimate of drug-likeness (QED) is 0.214. The van der Waals surface area contributed by atoms with E-state index in [4.69, 9.17) is 15.2 Å². The number of ether oxygens (including phenoxy) is 2. The van der Waals surface area contributed by atoms with Crippen molar-refractivity contribution < 1.29 is 41.7 Å². The van der Waals surface area contributed by atoms with E-state index in [0.29, 0.717) is 11.3 Å². The average Bonchev–Trinajstić information content (AvgIpc) is 3.78. The number of hydrogen-bond donors (Lipinski definition) is 3. The molecule has 2 aliphatic rings. The number of aryl methyl sites for hydroxylation is 1. The third-order valence-corrected chi connectivity index (χ3v) is 8.40. The molecule has 2 aromatic carbocycles. The number of rotatable bonds is 9. The summed E-state index contributed by atoms with van der Waals surface area (Å²) in [4.78, 5) is 34.1. The molecule has 13 heteroatoms. The molecule has 6 rings (SSSR count). The van der Waals surface area contributed by atoms with E-state index >= 15 is 0 Å². The van der Waals surface area contributed by atoms with Crippen molar-refractivity contribution in [1.82, 2.24) is 15.3 Å². The number of nitrogens with zero attached hydrogens (tertiary/aromatic N) is 2. The van der Waals surface area contributed by atoms with Gasteiger partial charge in [0.05, 0.1) is 18.3 Å². The number of halogens is 4. The second-order valence-electron chi connectivity index (χ2n) is 12.0. The Morgan fingerprint density at radius 2 is 1.81 bits per heavy atom. The van der Waals surface area contributed by atoms with Crippen molar-refractivity contribution in [3.63, 3.8) is 0 Å². The van der Waals surface area contributed by atoms with E-state index in [2.05, 4.69) is 15.3 Å². The summed E-state index contributed by atoms with van der Waals surface area (Å²) in [6.45, 7) is 1.60. The SMILES string of the molecule is Cc1cc(-c2ccc(C(=O)NCC(O)(c3cc4c(c(-c5ccc(F)cc5)n3)OC[C@]4(C)C(N)=O)C(F)(F)F)cc2OC2CC2)ccn1. The lowest BCUT2D eigenvalue weighted by Crippen LogP contribution is -2.51. The molecule has 1 fully saturated rings. The standard InChI is InChI=1S/C34H30F4N4O5/c1-18-13-20(11-12-40-18)24-10-5-21(14-26(24)47-23-8-9-23)30(43)41-16-33(45,34(36,37)38)27-15-25-29(46-17-32(25,2)31(39)44)28(42-27)19-3-6-22(35)7-4-19/h3-7,10-15,23,45H,8-9,16-17H2,1-2H3,(H2,39,44)(H,41,43)/t32-,33?/m0/s1. The van der Waals surface area contributed by atoms with E-state index < -0.39 is 47.1 Å². The number of pyridine rings is 2. The van der Waals surface area contributed by atoms with Crippen molar-refractivity contribution in [3.05, 3.63) is 95.2 Å². The van der Waals surface area contributed by atoms with E-state index in [1.807, 2.05) is 13.0 Å². The Labute approximate surface area is 266 Å². The predicted octanol–water partition coefficient (Wildman–Crippen LogP) is 5.11. The molecule has 1 aliphatic carbocycles. The summed E-state index contributed by atoms with van der Waals surface area (Å²) >= 11 is 0. The Bertz CT molecular complexity index is 1880. The fourth-order valence-corrected chi connectivity index (χ4v) is 5.33. The number of nitrogens with two attached hydrogens (primary N) is 1. The first-order valence-electron chi connectivity index (χ1n) is 14.8. The summed E-state index contributed by atoms with van der Waals surface area (Å²) in [5, 5.41) is 13.5. The number of carbonyl (C=O) groups excluding carboxylic acids is 2. The van der Waals surface area contributed by atoms with Gasteiger partial charge in [0.25, 0.3) is 5.91 Å². The van der Waals surface area contributed by atoms with E-state index in [-0.39, 0.29) is 40.8 Å². The van der Waals surface area contributed by atoms with E-state index in [1.165, 1.54) is 31.2 Å². The van der Waals surface area contributed by atoms with E-state index in [9.17, 15) is 32.3 Å². The number of benzene rings is 2. The van der Waals surface area contributed by atoms with Crippen LogP contribution in [0.4, 0.5) is 17.6 Å². The summed E-state index contributed by atoms with van der Waals surface area (Å²) in [5.41, 5.74) is 1.62. The Morgan fingerprint density at radius 3 is 2.45 bits per heavy atom. The maximum Gasteiger partial charge on any atom is 0.424 e. The highest BCUT2D eigenvalue weighted by molar-refractivity contribution is 5.96. The van der Waals surface area contributed by atoms with Gasteiger partial charge in [-0.15, -0.1) is 0 Å². The van der Waals surface area contributed by atoms with Crippen LogP contribution in [0, 0.1) is 12.7 Å². The first kappa shape index (κ1) is 31.9. The van der Waals surface area contributed by atoms with Gasteiger partial charge < -0.3 is 25.6 Å². The van der Waals surface area contributed by atoms with Crippen molar-refractivity contribution in [2.45, 2.75) is 50.0 Å². The second-order valence-corrected chi connectivity index (χ2v) is 12.0. The number of nitrogens with one attached hydrogen (secondary N) is 1. The van der Waals surface area contributed by atoms with Gasteiger partial charge in [-0.2, -0.15) is 13.2 Å². The smallest absolute Gasteiger partial charge is 0.424 e. The van der Waals surface area contributed by atoms with Crippen LogP contribution < -0.4 is 20.5 Å². The van der Waals surface area contributed by atoms with Gasteiger partial charge in [0.15, 0.2) is 0 Å². The van der Waals surface area contributed by atoms with Crippen LogP contribution in [-0.2, 0) is 15.8 Å². The molecule has 3 heterocycles. The van der Waals surface area contributed by atoms with Gasteiger partial charge in [0.2, 0.25) is 11.5 Å². The van der Waals surface area contributed by atoms with Crippen LogP contribution in [0.1, 0.15) is 47.1 Å². The zero-order valence-corrected chi connectivity index (χ0v) is 25.3. The fraction of sp³-hybridized carbons (Fsp3) is 0.294. The molecular formula is C34H30F4N4O5. The minimum Gasteiger partial charge on any atom is -0.490 e. The summed E-state index contributed by atoms with van der Waals surface area (Å²) < 4.78 is 69.8. The minimum atomic E-state index is -5.35. The molecule has 2 amide bonds. The zero-order chi connectivity index (χ0) is 33.7. The average molecular weight is 651 g/mol. The highest BCUT2D eigenvalue weighted by atomic mass is 19.4. The summed E-state index contributed by atoms with van der Waals surface area (Å²) in [5.74, 6) is -2.03. The molecular weight excluding hydrogens is 620 g/mol. The molecule has 2 atom stereocenters. The van der Waals surface area contributed by atoms with Crippen LogP contribution in [0.3, 0.4) is 0 Å². The molecule has 244 valence electrons. The Morgan fingerprint density at radius 1 is 1.09 bits per heavy atom. The topological polar surface area (TPSA) is 137 Å². The molecule has 2 aromatic heterocycles. The fourth-order valence-electron chi connectivity index (χ4n) is 5.33. The van der Waals surface area contributed by atoms with Crippen molar-refractivity contribution in [2.24, 2.45) is 5.73 Å². The monoisotopic (exact) mass is 650 g/mol. The Kier molecular flexibility index (Phi) is 7.91. The third-order valence-electron chi connectivity index (χ3n) is 8.40. The van der Waals surface area contributed by atoms with Gasteiger partial charge >= 0.3 is 6.18 Å². The van der Waals surface area contributed by atoms with Crippen LogP contribution in [0.5, 0.6) is 11.5 Å². The molecule has 1 saturated carbocycles. The molecule has 0 radical (unpaired) electrons. The molecule has 1 aliphatic heterocycles. The number of carbonyl (C=O) groups is 2. The van der Waals surface area contributed by atoms with Crippen LogP contribution in [0.15, 0.2) is 66.9 Å². The number of aliphatic hydroxyl groups is 1. The lowest BCUT2D eigenvalue weighted by atomic mass is 9.81. The van der Waals surface area contributed by atoms with Crippen LogP contribution in [0.25, 0.3) is 22.4 Å². The molecule has 9 nitrogen and oxygen atoms in total. The van der Waals surface area contributed by atoms with Gasteiger partial charge in [-0.3, -0.25) is 14.6 Å². The number of primary amides is 1. The zero-order valence-electron chi connectivity index (χ0n) is 25.3.